The molecule has 12 heteroatoms. The molecule has 10 nitrogen and oxygen atoms in total. The molecule has 1 fully saturated rings. The highest BCUT2D eigenvalue weighted by Crippen LogP contribution is 2.27. The third kappa shape index (κ3) is 3.83. The molecule has 0 aromatic heterocycles. The first-order chi connectivity index (χ1) is 12.0. The Morgan fingerprint density at radius 2 is 1.69 bits per heavy atom. The van der Waals surface area contributed by atoms with E-state index in [4.69, 9.17) is 9.94 Å². The van der Waals surface area contributed by atoms with E-state index in [1.807, 2.05) is 0 Å². The van der Waals surface area contributed by atoms with Crippen LogP contribution in [0.3, 0.4) is 0 Å². The van der Waals surface area contributed by atoms with Crippen molar-refractivity contribution in [2.75, 3.05) is 26.5 Å². The molecule has 26 heavy (non-hydrogen) atoms. The number of methoxy groups -OCH3 is 1. The molecule has 0 saturated carbocycles. The van der Waals surface area contributed by atoms with Gasteiger partial charge in [-0.2, -0.15) is 8.61 Å². The van der Waals surface area contributed by atoms with Crippen LogP contribution in [0, 0.1) is 0 Å². The molecule has 1 heterocycles. The predicted octanol–water partition coefficient (Wildman–Crippen LogP) is -0.776. The van der Waals surface area contributed by atoms with Crippen molar-refractivity contribution >= 4 is 26.0 Å². The molecule has 1 aliphatic heterocycles. The average Bonchev–Trinajstić information content (AvgIpc) is 2.59. The fourth-order valence-corrected chi connectivity index (χ4v) is 5.75. The zero-order valence-electron chi connectivity index (χ0n) is 14.5. The molecular weight excluding hydrogens is 386 g/mol. The van der Waals surface area contributed by atoms with Crippen LogP contribution >= 0.6 is 0 Å². The Balaban J connectivity index is 2.46. The van der Waals surface area contributed by atoms with Crippen molar-refractivity contribution in [3.8, 4) is 5.75 Å². The van der Waals surface area contributed by atoms with Crippen LogP contribution in [0.5, 0.6) is 5.75 Å². The van der Waals surface area contributed by atoms with Crippen LogP contribution in [0.15, 0.2) is 29.2 Å². The van der Waals surface area contributed by atoms with E-state index in [9.17, 15) is 21.6 Å². The van der Waals surface area contributed by atoms with Crippen LogP contribution in [0.25, 0.3) is 0 Å². The molecule has 0 radical (unpaired) electrons. The standard InChI is InChI=1S/C14H21N3O7S2/c1-10-13(14(18)15-19)17(9-8-16(10)25(3,20)21)26(22,23)12-6-4-11(24-2)5-7-12/h4-7,10,13,19H,8-9H2,1-3H3,(H,15,18)/t10-,13+/m0/s1. The molecule has 0 bridgehead atoms. The molecule has 1 saturated heterocycles. The van der Waals surface area contributed by atoms with Crippen LogP contribution in [-0.4, -0.2) is 75.1 Å². The average molecular weight is 407 g/mol. The summed E-state index contributed by atoms with van der Waals surface area (Å²) in [5, 5.41) is 9.01. The fraction of sp³-hybridized carbons (Fsp3) is 0.500. The number of sulfonamides is 2. The molecule has 0 spiro atoms. The highest BCUT2D eigenvalue weighted by molar-refractivity contribution is 7.89. The van der Waals surface area contributed by atoms with Crippen molar-refractivity contribution in [2.24, 2.45) is 0 Å². The number of nitrogens with one attached hydrogen (secondary N) is 1. The normalized spacial score (nSPS) is 22.8. The van der Waals surface area contributed by atoms with Crippen molar-refractivity contribution < 1.29 is 31.6 Å². The van der Waals surface area contributed by atoms with E-state index in [2.05, 4.69) is 0 Å². The number of carbonyl (C=O) groups is 1. The van der Waals surface area contributed by atoms with Crippen molar-refractivity contribution in [3.63, 3.8) is 0 Å². The van der Waals surface area contributed by atoms with Crippen molar-refractivity contribution in [2.45, 2.75) is 23.9 Å². The second-order valence-electron chi connectivity index (χ2n) is 5.83. The quantitative estimate of drug-likeness (QED) is 0.483. The van der Waals surface area contributed by atoms with Gasteiger partial charge in [-0.05, 0) is 31.2 Å². The lowest BCUT2D eigenvalue weighted by Gasteiger charge is -2.42. The van der Waals surface area contributed by atoms with E-state index in [1.165, 1.54) is 43.8 Å². The zero-order chi connectivity index (χ0) is 19.7. The first-order valence-electron chi connectivity index (χ1n) is 7.60. The summed E-state index contributed by atoms with van der Waals surface area (Å²) in [7, 11) is -6.33. The number of carbonyl (C=O) groups excluding carboxylic acids is 1. The van der Waals surface area contributed by atoms with E-state index in [-0.39, 0.29) is 18.0 Å². The van der Waals surface area contributed by atoms with Crippen LogP contribution in [0.1, 0.15) is 6.92 Å². The Kier molecular flexibility index (Phi) is 5.92. The van der Waals surface area contributed by atoms with Gasteiger partial charge in [0.1, 0.15) is 11.8 Å². The minimum atomic E-state index is -4.11. The molecule has 2 atom stereocenters. The topological polar surface area (TPSA) is 133 Å². The summed E-state index contributed by atoms with van der Waals surface area (Å²) >= 11 is 0. The summed E-state index contributed by atoms with van der Waals surface area (Å²) in [6.07, 6.45) is 0.977. The summed E-state index contributed by atoms with van der Waals surface area (Å²) < 4.78 is 56.7. The summed E-state index contributed by atoms with van der Waals surface area (Å²) in [4.78, 5) is 12.1. The summed E-state index contributed by atoms with van der Waals surface area (Å²) in [5.74, 6) is -0.549. The molecule has 1 amide bonds. The monoisotopic (exact) mass is 407 g/mol. The molecule has 2 N–H and O–H groups in total. The second-order valence-corrected chi connectivity index (χ2v) is 9.65. The molecule has 0 aliphatic carbocycles. The second kappa shape index (κ2) is 7.48. The van der Waals surface area contributed by atoms with E-state index >= 15 is 0 Å². The van der Waals surface area contributed by atoms with Gasteiger partial charge < -0.3 is 4.74 Å². The maximum Gasteiger partial charge on any atom is 0.263 e. The SMILES string of the molecule is COc1ccc(S(=O)(=O)N2CCN(S(C)(=O)=O)[C@@H](C)[C@@H]2C(=O)NO)cc1. The number of nitrogens with zero attached hydrogens (tertiary/aromatic N) is 2. The number of benzene rings is 1. The number of amides is 1. The number of rotatable bonds is 5. The van der Waals surface area contributed by atoms with Gasteiger partial charge in [0, 0.05) is 19.1 Å². The maximum atomic E-state index is 13.0. The van der Waals surface area contributed by atoms with Gasteiger partial charge >= 0.3 is 0 Å². The Morgan fingerprint density at radius 3 is 2.15 bits per heavy atom. The first-order valence-corrected chi connectivity index (χ1v) is 10.9. The maximum absolute atomic E-state index is 13.0. The van der Waals surface area contributed by atoms with Gasteiger partial charge in [-0.1, -0.05) is 0 Å². The van der Waals surface area contributed by atoms with E-state index in [0.717, 1.165) is 14.9 Å². The lowest BCUT2D eigenvalue weighted by atomic mass is 10.1. The van der Waals surface area contributed by atoms with Crippen LogP contribution in [0.2, 0.25) is 0 Å². The Labute approximate surface area is 152 Å². The molecule has 146 valence electrons. The van der Waals surface area contributed by atoms with E-state index in [1.54, 1.807) is 0 Å². The first kappa shape index (κ1) is 20.6. The van der Waals surface area contributed by atoms with Gasteiger partial charge in [0.2, 0.25) is 20.0 Å². The minimum Gasteiger partial charge on any atom is -0.497 e. The van der Waals surface area contributed by atoms with Gasteiger partial charge in [-0.3, -0.25) is 10.0 Å². The molecule has 1 aliphatic rings. The molecule has 0 unspecified atom stereocenters. The Hall–Kier alpha value is -1.73. The third-order valence-electron chi connectivity index (χ3n) is 4.23. The van der Waals surface area contributed by atoms with Crippen molar-refractivity contribution in [1.29, 1.82) is 0 Å². The molecule has 1 aromatic rings. The molecule has 1 aromatic carbocycles. The summed E-state index contributed by atoms with van der Waals surface area (Å²) in [6, 6.07) is 3.16. The fourth-order valence-electron chi connectivity index (χ4n) is 2.97. The Morgan fingerprint density at radius 1 is 1.15 bits per heavy atom. The van der Waals surface area contributed by atoms with Crippen molar-refractivity contribution in [3.05, 3.63) is 24.3 Å². The third-order valence-corrected chi connectivity index (χ3v) is 7.50. The van der Waals surface area contributed by atoms with Gasteiger partial charge in [0.25, 0.3) is 5.91 Å². The summed E-state index contributed by atoms with van der Waals surface area (Å²) in [6.45, 7) is 1.07. The number of hydroxylamine groups is 1. The van der Waals surface area contributed by atoms with Gasteiger partial charge in [-0.15, -0.1) is 0 Å². The van der Waals surface area contributed by atoms with Gasteiger partial charge in [0.05, 0.1) is 18.3 Å². The lowest BCUT2D eigenvalue weighted by molar-refractivity contribution is -0.135. The highest BCUT2D eigenvalue weighted by Gasteiger charge is 2.47. The number of hydrogen-bond donors (Lipinski definition) is 2. The Bertz CT molecular complexity index is 868. The van der Waals surface area contributed by atoms with Gasteiger partial charge in [-0.25, -0.2) is 22.3 Å². The van der Waals surface area contributed by atoms with Crippen LogP contribution in [-0.2, 0) is 24.8 Å². The molecule has 2 rings (SSSR count). The van der Waals surface area contributed by atoms with Crippen LogP contribution < -0.4 is 10.2 Å². The summed E-state index contributed by atoms with van der Waals surface area (Å²) in [5.41, 5.74) is 1.42. The highest BCUT2D eigenvalue weighted by atomic mass is 32.2. The molecular formula is C14H21N3O7S2. The zero-order valence-corrected chi connectivity index (χ0v) is 16.1. The van der Waals surface area contributed by atoms with E-state index < -0.39 is 38.0 Å². The van der Waals surface area contributed by atoms with Crippen molar-refractivity contribution in [1.82, 2.24) is 14.1 Å². The largest absolute Gasteiger partial charge is 0.497 e. The van der Waals surface area contributed by atoms with Gasteiger partial charge in [0.15, 0.2) is 0 Å². The predicted molar refractivity (Wildman–Crippen MR) is 91.6 cm³/mol. The lowest BCUT2D eigenvalue weighted by Crippen LogP contribution is -2.65. The number of ether oxygens (including phenoxy) is 1. The van der Waals surface area contributed by atoms with Crippen LogP contribution in [0.4, 0.5) is 0 Å². The minimum absolute atomic E-state index is 0.0750. The van der Waals surface area contributed by atoms with E-state index in [0.29, 0.717) is 5.75 Å². The smallest absolute Gasteiger partial charge is 0.263 e. The number of piperazine rings is 1. The number of hydrogen-bond acceptors (Lipinski definition) is 7.